The normalized spacial score (nSPS) is 10.7. The van der Waals surface area contributed by atoms with Crippen molar-refractivity contribution in [1.29, 1.82) is 0 Å². The van der Waals surface area contributed by atoms with Gasteiger partial charge in [-0.1, -0.05) is 11.6 Å². The Bertz CT molecular complexity index is 398. The van der Waals surface area contributed by atoms with E-state index in [-0.39, 0.29) is 17.1 Å². The van der Waals surface area contributed by atoms with Gasteiger partial charge in [0.1, 0.15) is 5.15 Å². The van der Waals surface area contributed by atoms with Crippen molar-refractivity contribution in [3.63, 3.8) is 0 Å². The number of aromatic carboxylic acids is 1. The van der Waals surface area contributed by atoms with E-state index in [2.05, 4.69) is 4.98 Å². The second-order valence-corrected chi connectivity index (χ2v) is 3.23. The molecule has 0 unspecified atom stereocenters. The minimum atomic E-state index is -2.87. The van der Waals surface area contributed by atoms with Gasteiger partial charge < -0.3 is 5.11 Å². The van der Waals surface area contributed by atoms with E-state index >= 15 is 0 Å². The van der Waals surface area contributed by atoms with Gasteiger partial charge in [0.25, 0.3) is 6.43 Å². The first-order valence-corrected chi connectivity index (χ1v) is 4.65. The predicted octanol–water partition coefficient (Wildman–Crippen LogP) is 3.11. The van der Waals surface area contributed by atoms with Crippen molar-refractivity contribution in [3.05, 3.63) is 28.0 Å². The number of hydrogen-bond donors (Lipinski definition) is 1. The van der Waals surface area contributed by atoms with Crippen LogP contribution in [0.3, 0.4) is 0 Å². The first-order valence-electron chi connectivity index (χ1n) is 3.74. The minimum absolute atomic E-state index is 0.0291. The molecule has 0 saturated heterocycles. The van der Waals surface area contributed by atoms with Crippen LogP contribution < -0.4 is 0 Å². The van der Waals surface area contributed by atoms with E-state index in [1.807, 2.05) is 0 Å². The van der Waals surface area contributed by atoms with Gasteiger partial charge in [0.2, 0.25) is 0 Å². The number of carboxylic acids is 1. The molecular formula is C8H5Cl2F2NO2. The third kappa shape index (κ3) is 2.54. The molecule has 0 radical (unpaired) electrons. The van der Waals surface area contributed by atoms with Crippen LogP contribution in [0.5, 0.6) is 0 Å². The van der Waals surface area contributed by atoms with Gasteiger partial charge in [-0.2, -0.15) is 0 Å². The topological polar surface area (TPSA) is 50.2 Å². The lowest BCUT2D eigenvalue weighted by atomic mass is 10.1. The lowest BCUT2D eigenvalue weighted by Gasteiger charge is -2.07. The Hall–Kier alpha value is -0.940. The number of hydrogen-bond acceptors (Lipinski definition) is 2. The highest BCUT2D eigenvalue weighted by molar-refractivity contribution is 6.30. The molecule has 1 heterocycles. The van der Waals surface area contributed by atoms with Crippen LogP contribution in [0.25, 0.3) is 0 Å². The largest absolute Gasteiger partial charge is 0.478 e. The van der Waals surface area contributed by atoms with Crippen molar-refractivity contribution in [2.75, 3.05) is 0 Å². The van der Waals surface area contributed by atoms with Crippen molar-refractivity contribution in [2.45, 2.75) is 12.3 Å². The van der Waals surface area contributed by atoms with Crippen LogP contribution >= 0.6 is 23.2 Å². The van der Waals surface area contributed by atoms with Crippen molar-refractivity contribution in [3.8, 4) is 0 Å². The average Bonchev–Trinajstić information content (AvgIpc) is 2.16. The lowest BCUT2D eigenvalue weighted by molar-refractivity contribution is 0.0695. The monoisotopic (exact) mass is 255 g/mol. The number of carboxylic acid groups (broad SMARTS) is 1. The fourth-order valence-electron chi connectivity index (χ4n) is 0.982. The highest BCUT2D eigenvalue weighted by atomic mass is 35.5. The van der Waals surface area contributed by atoms with E-state index in [9.17, 15) is 13.6 Å². The number of aromatic nitrogens is 1. The standard InChI is InChI=1S/C8H5Cl2F2NO2/c9-2-5-3(8(14)15)1-4(7(11)12)6(10)13-5/h1,7H,2H2,(H,14,15). The molecule has 0 atom stereocenters. The van der Waals surface area contributed by atoms with Crippen molar-refractivity contribution >= 4 is 29.2 Å². The maximum atomic E-state index is 12.4. The van der Waals surface area contributed by atoms with Crippen LogP contribution in [0, 0.1) is 0 Å². The molecule has 82 valence electrons. The van der Waals surface area contributed by atoms with Crippen molar-refractivity contribution in [1.82, 2.24) is 4.98 Å². The van der Waals surface area contributed by atoms with Crippen molar-refractivity contribution < 1.29 is 18.7 Å². The molecule has 0 aliphatic heterocycles. The molecule has 0 saturated carbocycles. The number of nitrogens with zero attached hydrogens (tertiary/aromatic N) is 1. The molecular weight excluding hydrogens is 251 g/mol. The van der Waals surface area contributed by atoms with Gasteiger partial charge in [0.05, 0.1) is 22.7 Å². The second-order valence-electron chi connectivity index (χ2n) is 2.60. The predicted molar refractivity (Wildman–Crippen MR) is 50.7 cm³/mol. The van der Waals surface area contributed by atoms with Gasteiger partial charge in [-0.3, -0.25) is 0 Å². The number of alkyl halides is 3. The van der Waals surface area contributed by atoms with Crippen molar-refractivity contribution in [2.24, 2.45) is 0 Å². The molecule has 0 bridgehead atoms. The zero-order valence-electron chi connectivity index (χ0n) is 7.18. The summed E-state index contributed by atoms with van der Waals surface area (Å²) in [6.45, 7) is 0. The summed E-state index contributed by atoms with van der Waals surface area (Å²) >= 11 is 10.8. The van der Waals surface area contributed by atoms with Gasteiger partial charge in [-0.15, -0.1) is 11.6 Å². The highest BCUT2D eigenvalue weighted by Gasteiger charge is 2.20. The molecule has 0 aliphatic rings. The van der Waals surface area contributed by atoms with Crippen LogP contribution in [0.2, 0.25) is 5.15 Å². The van der Waals surface area contributed by atoms with E-state index in [4.69, 9.17) is 28.3 Å². The summed E-state index contributed by atoms with van der Waals surface area (Å²) in [4.78, 5) is 14.2. The second kappa shape index (κ2) is 4.72. The van der Waals surface area contributed by atoms with Gasteiger partial charge in [0, 0.05) is 0 Å². The smallest absolute Gasteiger partial charge is 0.337 e. The first kappa shape index (κ1) is 12.1. The Morgan fingerprint density at radius 1 is 1.60 bits per heavy atom. The number of halogens is 4. The van der Waals surface area contributed by atoms with Gasteiger partial charge in [-0.05, 0) is 6.07 Å². The van der Waals surface area contributed by atoms with Gasteiger partial charge in [-0.25, -0.2) is 18.6 Å². The quantitative estimate of drug-likeness (QED) is 0.667. The Morgan fingerprint density at radius 3 is 2.60 bits per heavy atom. The Morgan fingerprint density at radius 2 is 2.20 bits per heavy atom. The number of pyridine rings is 1. The zero-order chi connectivity index (χ0) is 11.6. The molecule has 7 heteroatoms. The highest BCUT2D eigenvalue weighted by Crippen LogP contribution is 2.28. The molecule has 1 N–H and O–H groups in total. The van der Waals surface area contributed by atoms with E-state index < -0.39 is 23.1 Å². The molecule has 1 aromatic rings. The SMILES string of the molecule is O=C(O)c1cc(C(F)F)c(Cl)nc1CCl. The Labute approximate surface area is 93.6 Å². The van der Waals surface area contributed by atoms with Crippen LogP contribution in [0.4, 0.5) is 8.78 Å². The van der Waals surface area contributed by atoms with E-state index in [0.29, 0.717) is 0 Å². The molecule has 3 nitrogen and oxygen atoms in total. The summed E-state index contributed by atoms with van der Waals surface area (Å²) in [5, 5.41) is 8.28. The summed E-state index contributed by atoms with van der Waals surface area (Å²) in [6.07, 6.45) is -2.87. The van der Waals surface area contributed by atoms with Crippen LogP contribution in [-0.4, -0.2) is 16.1 Å². The van der Waals surface area contributed by atoms with Crippen LogP contribution in [-0.2, 0) is 5.88 Å². The third-order valence-corrected chi connectivity index (χ3v) is 2.23. The fourth-order valence-corrected chi connectivity index (χ4v) is 1.42. The zero-order valence-corrected chi connectivity index (χ0v) is 8.69. The lowest BCUT2D eigenvalue weighted by Crippen LogP contribution is -2.06. The average molecular weight is 256 g/mol. The molecule has 1 rings (SSSR count). The Balaban J connectivity index is 3.37. The molecule has 0 amide bonds. The molecule has 0 aliphatic carbocycles. The van der Waals surface area contributed by atoms with Gasteiger partial charge in [0.15, 0.2) is 0 Å². The fraction of sp³-hybridized carbons (Fsp3) is 0.250. The third-order valence-electron chi connectivity index (χ3n) is 1.67. The maximum Gasteiger partial charge on any atom is 0.337 e. The number of carbonyl (C=O) groups is 1. The summed E-state index contributed by atoms with van der Waals surface area (Å²) in [5.74, 6) is -1.57. The van der Waals surface area contributed by atoms with E-state index in [0.717, 1.165) is 6.07 Å². The van der Waals surface area contributed by atoms with Gasteiger partial charge >= 0.3 is 5.97 Å². The first-order chi connectivity index (χ1) is 6.97. The Kier molecular flexibility index (Phi) is 3.82. The molecule has 0 aromatic carbocycles. The molecule has 15 heavy (non-hydrogen) atoms. The summed E-state index contributed by atoms with van der Waals surface area (Å²) < 4.78 is 24.7. The molecule has 0 fully saturated rings. The summed E-state index contributed by atoms with van der Waals surface area (Å²) in [5.41, 5.74) is -0.994. The number of rotatable bonds is 3. The minimum Gasteiger partial charge on any atom is -0.478 e. The summed E-state index contributed by atoms with van der Waals surface area (Å²) in [6, 6.07) is 0.792. The van der Waals surface area contributed by atoms with Crippen LogP contribution in [0.15, 0.2) is 6.07 Å². The van der Waals surface area contributed by atoms with Crippen LogP contribution in [0.1, 0.15) is 28.0 Å². The maximum absolute atomic E-state index is 12.4. The van der Waals surface area contributed by atoms with E-state index in [1.54, 1.807) is 0 Å². The molecule has 1 aromatic heterocycles. The molecule has 0 spiro atoms. The summed E-state index contributed by atoms with van der Waals surface area (Å²) in [7, 11) is 0. The van der Waals surface area contributed by atoms with E-state index in [1.165, 1.54) is 0 Å².